The third-order valence-corrected chi connectivity index (χ3v) is 4.30. The number of nitrogens with one attached hydrogen (secondary N) is 1. The molecule has 102 valence electrons. The highest BCUT2D eigenvalue weighted by atomic mass is 32.1. The first-order chi connectivity index (χ1) is 8.72. The molecule has 0 aromatic carbocycles. The van der Waals surface area contributed by atoms with Crippen LogP contribution in [0.15, 0.2) is 0 Å². The van der Waals surface area contributed by atoms with Crippen molar-refractivity contribution in [3.05, 3.63) is 5.01 Å². The predicted octanol–water partition coefficient (Wildman–Crippen LogP) is 1.83. The molecule has 0 amide bonds. The summed E-state index contributed by atoms with van der Waals surface area (Å²) < 4.78 is 5.53. The van der Waals surface area contributed by atoms with Crippen molar-refractivity contribution in [2.45, 2.75) is 32.9 Å². The van der Waals surface area contributed by atoms with E-state index < -0.39 is 0 Å². The second-order valence-corrected chi connectivity index (χ2v) is 5.87. The fourth-order valence-electron chi connectivity index (χ4n) is 2.28. The molecule has 2 heterocycles. The lowest BCUT2D eigenvalue weighted by molar-refractivity contribution is -0.00751. The lowest BCUT2D eigenvalue weighted by Crippen LogP contribution is -2.43. The Morgan fingerprint density at radius 1 is 1.50 bits per heavy atom. The first kappa shape index (κ1) is 13.7. The number of hydrogen-bond acceptors (Lipinski definition) is 6. The van der Waals surface area contributed by atoms with Crippen molar-refractivity contribution in [2.75, 3.05) is 32.1 Å². The minimum absolute atomic E-state index is 0.347. The van der Waals surface area contributed by atoms with E-state index >= 15 is 0 Å². The summed E-state index contributed by atoms with van der Waals surface area (Å²) in [6.07, 6.45) is 1.54. The molecule has 1 N–H and O–H groups in total. The van der Waals surface area contributed by atoms with E-state index in [0.717, 1.165) is 36.3 Å². The molecule has 1 fully saturated rings. The van der Waals surface area contributed by atoms with Gasteiger partial charge in [0, 0.05) is 20.2 Å². The van der Waals surface area contributed by atoms with E-state index in [-0.39, 0.29) is 0 Å². The fourth-order valence-corrected chi connectivity index (χ4v) is 3.13. The van der Waals surface area contributed by atoms with E-state index in [0.29, 0.717) is 12.0 Å². The lowest BCUT2D eigenvalue weighted by Gasteiger charge is -2.35. The van der Waals surface area contributed by atoms with Crippen molar-refractivity contribution in [3.63, 3.8) is 0 Å². The van der Waals surface area contributed by atoms with E-state index in [1.807, 2.05) is 0 Å². The molecular formula is C12H22N4OS. The smallest absolute Gasteiger partial charge is 0.205 e. The maximum absolute atomic E-state index is 5.53. The quantitative estimate of drug-likeness (QED) is 0.884. The zero-order valence-corrected chi connectivity index (χ0v) is 12.2. The second-order valence-electron chi connectivity index (χ2n) is 4.81. The molecule has 0 radical (unpaired) electrons. The van der Waals surface area contributed by atoms with Crippen molar-refractivity contribution >= 4 is 16.5 Å². The van der Waals surface area contributed by atoms with Gasteiger partial charge in [-0.1, -0.05) is 18.3 Å². The Labute approximate surface area is 113 Å². The van der Waals surface area contributed by atoms with Gasteiger partial charge in [0.05, 0.1) is 12.6 Å². The van der Waals surface area contributed by atoms with Gasteiger partial charge in [-0.25, -0.2) is 0 Å². The highest BCUT2D eigenvalue weighted by Gasteiger charge is 2.26. The van der Waals surface area contributed by atoms with E-state index in [2.05, 4.69) is 34.3 Å². The molecule has 5 nitrogen and oxygen atoms in total. The van der Waals surface area contributed by atoms with Gasteiger partial charge in [0.15, 0.2) is 0 Å². The van der Waals surface area contributed by atoms with E-state index in [1.165, 1.54) is 6.42 Å². The molecule has 2 atom stereocenters. The van der Waals surface area contributed by atoms with Gasteiger partial charge < -0.3 is 10.1 Å². The molecule has 18 heavy (non-hydrogen) atoms. The Hall–Kier alpha value is -0.720. The molecule has 0 spiro atoms. The molecular weight excluding hydrogens is 248 g/mol. The van der Waals surface area contributed by atoms with Crippen LogP contribution in [-0.4, -0.2) is 47.9 Å². The SMILES string of the molecule is CCNc1nnc(CN2CCC(C)C(OC)C2)s1. The lowest BCUT2D eigenvalue weighted by atomic mass is 9.96. The van der Waals surface area contributed by atoms with E-state index in [9.17, 15) is 0 Å². The molecule has 6 heteroatoms. The Bertz CT molecular complexity index is 371. The molecule has 1 aliphatic heterocycles. The third-order valence-electron chi connectivity index (χ3n) is 3.43. The number of rotatable bonds is 5. The highest BCUT2D eigenvalue weighted by Crippen LogP contribution is 2.23. The van der Waals surface area contributed by atoms with Crippen LogP contribution in [0.4, 0.5) is 5.13 Å². The summed E-state index contributed by atoms with van der Waals surface area (Å²) in [7, 11) is 1.80. The summed E-state index contributed by atoms with van der Waals surface area (Å²) in [4.78, 5) is 2.41. The summed E-state index contributed by atoms with van der Waals surface area (Å²) >= 11 is 1.64. The first-order valence-corrected chi connectivity index (χ1v) is 7.36. The highest BCUT2D eigenvalue weighted by molar-refractivity contribution is 7.15. The van der Waals surface area contributed by atoms with Gasteiger partial charge in [0.2, 0.25) is 5.13 Å². The van der Waals surface area contributed by atoms with Crippen LogP contribution in [0.1, 0.15) is 25.3 Å². The van der Waals surface area contributed by atoms with Gasteiger partial charge in [0.1, 0.15) is 5.01 Å². The second kappa shape index (κ2) is 6.45. The molecule has 0 aliphatic carbocycles. The standard InChI is InChI=1S/C12H22N4OS/c1-4-13-12-15-14-11(18-12)8-16-6-5-9(2)10(7-16)17-3/h9-10H,4-8H2,1-3H3,(H,13,15). The molecule has 1 aromatic rings. The topological polar surface area (TPSA) is 50.3 Å². The van der Waals surface area contributed by atoms with Crippen LogP contribution in [-0.2, 0) is 11.3 Å². The number of nitrogens with zero attached hydrogens (tertiary/aromatic N) is 3. The van der Waals surface area contributed by atoms with Gasteiger partial charge >= 0.3 is 0 Å². The average Bonchev–Trinajstić information content (AvgIpc) is 2.80. The Morgan fingerprint density at radius 3 is 3.06 bits per heavy atom. The minimum Gasteiger partial charge on any atom is -0.380 e. The number of anilines is 1. The molecule has 2 rings (SSSR count). The zero-order valence-electron chi connectivity index (χ0n) is 11.3. The average molecular weight is 270 g/mol. The number of aromatic nitrogens is 2. The summed E-state index contributed by atoms with van der Waals surface area (Å²) in [5.74, 6) is 0.651. The monoisotopic (exact) mass is 270 g/mol. The third kappa shape index (κ3) is 3.40. The molecule has 0 saturated carbocycles. The largest absolute Gasteiger partial charge is 0.380 e. The zero-order chi connectivity index (χ0) is 13.0. The summed E-state index contributed by atoms with van der Waals surface area (Å²) in [6, 6.07) is 0. The predicted molar refractivity (Wildman–Crippen MR) is 73.9 cm³/mol. The number of piperidine rings is 1. The Morgan fingerprint density at radius 2 is 2.33 bits per heavy atom. The Kier molecular flexibility index (Phi) is 4.91. The molecule has 0 bridgehead atoms. The van der Waals surface area contributed by atoms with Crippen molar-refractivity contribution in [2.24, 2.45) is 5.92 Å². The molecule has 1 aromatic heterocycles. The molecule has 1 aliphatic rings. The number of ether oxygens (including phenoxy) is 1. The summed E-state index contributed by atoms with van der Waals surface area (Å²) in [5, 5.41) is 13.5. The Balaban J connectivity index is 1.88. The van der Waals surface area contributed by atoms with Crippen LogP contribution in [0.2, 0.25) is 0 Å². The van der Waals surface area contributed by atoms with Crippen LogP contribution in [0, 0.1) is 5.92 Å². The van der Waals surface area contributed by atoms with Gasteiger partial charge in [-0.05, 0) is 25.8 Å². The van der Waals surface area contributed by atoms with Crippen LogP contribution < -0.4 is 5.32 Å². The summed E-state index contributed by atoms with van der Waals surface area (Å²) in [5.41, 5.74) is 0. The maximum Gasteiger partial charge on any atom is 0.205 e. The number of likely N-dealkylation sites (tertiary alicyclic amines) is 1. The minimum atomic E-state index is 0.347. The fraction of sp³-hybridized carbons (Fsp3) is 0.833. The van der Waals surface area contributed by atoms with Gasteiger partial charge in [-0.2, -0.15) is 0 Å². The van der Waals surface area contributed by atoms with Crippen molar-refractivity contribution in [1.29, 1.82) is 0 Å². The number of hydrogen-bond donors (Lipinski definition) is 1. The van der Waals surface area contributed by atoms with Crippen molar-refractivity contribution < 1.29 is 4.74 Å². The van der Waals surface area contributed by atoms with Gasteiger partial charge in [-0.15, -0.1) is 10.2 Å². The van der Waals surface area contributed by atoms with Crippen molar-refractivity contribution in [3.8, 4) is 0 Å². The molecule has 2 unspecified atom stereocenters. The maximum atomic E-state index is 5.53. The van der Waals surface area contributed by atoms with Crippen LogP contribution in [0.3, 0.4) is 0 Å². The van der Waals surface area contributed by atoms with Crippen LogP contribution >= 0.6 is 11.3 Å². The van der Waals surface area contributed by atoms with Gasteiger partial charge in [0.25, 0.3) is 0 Å². The number of methoxy groups -OCH3 is 1. The van der Waals surface area contributed by atoms with Crippen LogP contribution in [0.25, 0.3) is 0 Å². The van der Waals surface area contributed by atoms with E-state index in [1.54, 1.807) is 18.4 Å². The first-order valence-electron chi connectivity index (χ1n) is 6.54. The normalized spacial score (nSPS) is 25.3. The van der Waals surface area contributed by atoms with Gasteiger partial charge in [-0.3, -0.25) is 4.90 Å². The van der Waals surface area contributed by atoms with Crippen LogP contribution in [0.5, 0.6) is 0 Å². The van der Waals surface area contributed by atoms with Crippen molar-refractivity contribution in [1.82, 2.24) is 15.1 Å². The summed E-state index contributed by atoms with van der Waals surface area (Å²) in [6.45, 7) is 8.22. The van der Waals surface area contributed by atoms with E-state index in [4.69, 9.17) is 4.74 Å². The molecule has 1 saturated heterocycles.